The van der Waals surface area contributed by atoms with E-state index in [0.717, 1.165) is 0 Å². The topological polar surface area (TPSA) is 102 Å². The SMILES string of the molecule is COCC(C)(NC(=O)C(C)Oc1cccc(C(C)=O)c1)C(=O)O. The molecule has 1 rings (SSSR count). The van der Waals surface area contributed by atoms with Crippen LogP contribution in [-0.4, -0.2) is 48.1 Å². The molecule has 0 aliphatic carbocycles. The Balaban J connectivity index is 2.79. The van der Waals surface area contributed by atoms with Crippen molar-refractivity contribution < 1.29 is 29.0 Å². The van der Waals surface area contributed by atoms with E-state index in [1.54, 1.807) is 18.2 Å². The molecule has 1 aromatic rings. The molecule has 7 heteroatoms. The summed E-state index contributed by atoms with van der Waals surface area (Å²) in [5, 5.41) is 11.6. The van der Waals surface area contributed by atoms with E-state index in [0.29, 0.717) is 11.3 Å². The Morgan fingerprint density at radius 2 is 2.00 bits per heavy atom. The zero-order chi connectivity index (χ0) is 17.6. The van der Waals surface area contributed by atoms with Crippen LogP contribution in [0.5, 0.6) is 5.75 Å². The Hall–Kier alpha value is -2.41. The lowest BCUT2D eigenvalue weighted by atomic mass is 10.0. The van der Waals surface area contributed by atoms with E-state index in [9.17, 15) is 19.5 Å². The quantitative estimate of drug-likeness (QED) is 0.698. The van der Waals surface area contributed by atoms with E-state index >= 15 is 0 Å². The van der Waals surface area contributed by atoms with Crippen molar-refractivity contribution in [1.82, 2.24) is 5.32 Å². The number of Topliss-reactive ketones (excluding diaryl/α,β-unsaturated/α-hetero) is 1. The minimum absolute atomic E-state index is 0.119. The number of ether oxygens (including phenoxy) is 2. The van der Waals surface area contributed by atoms with E-state index in [2.05, 4.69) is 5.32 Å². The molecule has 0 aliphatic rings. The smallest absolute Gasteiger partial charge is 0.331 e. The van der Waals surface area contributed by atoms with E-state index in [1.807, 2.05) is 0 Å². The largest absolute Gasteiger partial charge is 0.481 e. The third-order valence-corrected chi connectivity index (χ3v) is 3.23. The monoisotopic (exact) mass is 323 g/mol. The summed E-state index contributed by atoms with van der Waals surface area (Å²) in [6, 6.07) is 6.42. The maximum absolute atomic E-state index is 12.1. The van der Waals surface area contributed by atoms with Crippen LogP contribution in [0.2, 0.25) is 0 Å². The molecule has 126 valence electrons. The molecule has 0 aromatic heterocycles. The standard InChI is InChI=1S/C16H21NO6/c1-10(18)12-6-5-7-13(8-12)23-11(2)14(19)17-16(3,9-22-4)15(20)21/h5-8,11H,9H2,1-4H3,(H,17,19)(H,20,21). The highest BCUT2D eigenvalue weighted by Gasteiger charge is 2.36. The second-order valence-corrected chi connectivity index (χ2v) is 5.40. The highest BCUT2D eigenvalue weighted by Crippen LogP contribution is 2.16. The van der Waals surface area contributed by atoms with Gasteiger partial charge in [-0.05, 0) is 32.9 Å². The molecule has 23 heavy (non-hydrogen) atoms. The van der Waals surface area contributed by atoms with Crippen molar-refractivity contribution in [2.45, 2.75) is 32.4 Å². The van der Waals surface area contributed by atoms with Gasteiger partial charge in [-0.2, -0.15) is 0 Å². The van der Waals surface area contributed by atoms with Crippen molar-refractivity contribution in [2.75, 3.05) is 13.7 Å². The second kappa shape index (κ2) is 7.73. The summed E-state index contributed by atoms with van der Waals surface area (Å²) < 4.78 is 10.3. The molecule has 0 bridgehead atoms. The van der Waals surface area contributed by atoms with Crippen molar-refractivity contribution in [3.8, 4) is 5.75 Å². The van der Waals surface area contributed by atoms with Crippen LogP contribution in [0.25, 0.3) is 0 Å². The molecule has 0 aliphatic heterocycles. The van der Waals surface area contributed by atoms with Crippen LogP contribution in [0.1, 0.15) is 31.1 Å². The number of ketones is 1. The maximum Gasteiger partial charge on any atom is 0.331 e. The fraction of sp³-hybridized carbons (Fsp3) is 0.438. The zero-order valence-electron chi connectivity index (χ0n) is 13.6. The molecule has 1 aromatic carbocycles. The highest BCUT2D eigenvalue weighted by molar-refractivity contribution is 5.94. The molecular weight excluding hydrogens is 302 g/mol. The van der Waals surface area contributed by atoms with Gasteiger partial charge in [-0.25, -0.2) is 4.79 Å². The Morgan fingerprint density at radius 1 is 1.35 bits per heavy atom. The molecule has 0 heterocycles. The second-order valence-electron chi connectivity index (χ2n) is 5.40. The first kappa shape index (κ1) is 18.6. The highest BCUT2D eigenvalue weighted by atomic mass is 16.5. The summed E-state index contributed by atoms with van der Waals surface area (Å²) in [5.74, 6) is -1.58. The normalized spacial score (nSPS) is 14.4. The summed E-state index contributed by atoms with van der Waals surface area (Å²) in [6.45, 7) is 4.09. The minimum Gasteiger partial charge on any atom is -0.481 e. The Labute approximate surface area is 134 Å². The molecule has 7 nitrogen and oxygen atoms in total. The van der Waals surface area contributed by atoms with E-state index in [4.69, 9.17) is 9.47 Å². The fourth-order valence-electron chi connectivity index (χ4n) is 1.86. The van der Waals surface area contributed by atoms with Gasteiger partial charge in [-0.15, -0.1) is 0 Å². The summed E-state index contributed by atoms with van der Waals surface area (Å²) in [7, 11) is 1.35. The first-order valence-electron chi connectivity index (χ1n) is 7.01. The van der Waals surface area contributed by atoms with Crippen molar-refractivity contribution in [2.24, 2.45) is 0 Å². The summed E-state index contributed by atoms with van der Waals surface area (Å²) in [5.41, 5.74) is -1.09. The maximum atomic E-state index is 12.1. The number of nitrogens with one attached hydrogen (secondary N) is 1. The summed E-state index contributed by atoms with van der Waals surface area (Å²) in [6.07, 6.45) is -0.937. The van der Waals surface area contributed by atoms with Gasteiger partial charge in [-0.1, -0.05) is 12.1 Å². The van der Waals surface area contributed by atoms with Gasteiger partial charge >= 0.3 is 5.97 Å². The number of hydrogen-bond acceptors (Lipinski definition) is 5. The van der Waals surface area contributed by atoms with Gasteiger partial charge in [0.25, 0.3) is 5.91 Å². The van der Waals surface area contributed by atoms with Crippen LogP contribution in [0.15, 0.2) is 24.3 Å². The van der Waals surface area contributed by atoms with Crippen molar-refractivity contribution in [1.29, 1.82) is 0 Å². The van der Waals surface area contributed by atoms with E-state index in [1.165, 1.54) is 33.9 Å². The number of benzene rings is 1. The molecule has 2 N–H and O–H groups in total. The molecule has 0 spiro atoms. The predicted molar refractivity (Wildman–Crippen MR) is 82.6 cm³/mol. The zero-order valence-corrected chi connectivity index (χ0v) is 13.6. The van der Waals surface area contributed by atoms with Crippen LogP contribution in [0, 0.1) is 0 Å². The van der Waals surface area contributed by atoms with Gasteiger partial charge in [0.1, 0.15) is 5.75 Å². The van der Waals surface area contributed by atoms with Crippen LogP contribution in [-0.2, 0) is 14.3 Å². The van der Waals surface area contributed by atoms with Crippen LogP contribution >= 0.6 is 0 Å². The number of aliphatic carboxylic acids is 1. The number of hydrogen-bond donors (Lipinski definition) is 2. The Morgan fingerprint density at radius 3 is 2.52 bits per heavy atom. The molecule has 2 unspecified atom stereocenters. The van der Waals surface area contributed by atoms with Gasteiger partial charge < -0.3 is 19.9 Å². The third-order valence-electron chi connectivity index (χ3n) is 3.23. The fourth-order valence-corrected chi connectivity index (χ4v) is 1.86. The van der Waals surface area contributed by atoms with Gasteiger partial charge in [-0.3, -0.25) is 9.59 Å². The number of carbonyl (C=O) groups is 3. The van der Waals surface area contributed by atoms with E-state index in [-0.39, 0.29) is 12.4 Å². The van der Waals surface area contributed by atoms with Crippen molar-refractivity contribution >= 4 is 17.7 Å². The number of methoxy groups -OCH3 is 1. The van der Waals surface area contributed by atoms with Crippen molar-refractivity contribution in [3.63, 3.8) is 0 Å². The van der Waals surface area contributed by atoms with Gasteiger partial charge in [0.2, 0.25) is 0 Å². The molecule has 0 saturated carbocycles. The van der Waals surface area contributed by atoms with Crippen LogP contribution in [0.3, 0.4) is 0 Å². The van der Waals surface area contributed by atoms with Crippen LogP contribution in [0.4, 0.5) is 0 Å². The number of rotatable bonds is 8. The molecule has 1 amide bonds. The summed E-state index contributed by atoms with van der Waals surface area (Å²) >= 11 is 0. The van der Waals surface area contributed by atoms with Gasteiger partial charge in [0, 0.05) is 12.7 Å². The molecule has 0 saturated heterocycles. The molecular formula is C16H21NO6. The summed E-state index contributed by atoms with van der Waals surface area (Å²) in [4.78, 5) is 34.8. The number of amides is 1. The van der Waals surface area contributed by atoms with Crippen LogP contribution < -0.4 is 10.1 Å². The van der Waals surface area contributed by atoms with Gasteiger partial charge in [0.15, 0.2) is 17.4 Å². The van der Waals surface area contributed by atoms with Gasteiger partial charge in [0.05, 0.1) is 6.61 Å². The average molecular weight is 323 g/mol. The lowest BCUT2D eigenvalue weighted by Crippen LogP contribution is -2.57. The molecule has 0 fully saturated rings. The average Bonchev–Trinajstić information content (AvgIpc) is 2.47. The minimum atomic E-state index is -1.55. The lowest BCUT2D eigenvalue weighted by molar-refractivity contribution is -0.150. The van der Waals surface area contributed by atoms with E-state index < -0.39 is 23.5 Å². The predicted octanol–water partition coefficient (Wildman–Crippen LogP) is 1.26. The van der Waals surface area contributed by atoms with Crippen molar-refractivity contribution in [3.05, 3.63) is 29.8 Å². The number of carboxylic acid groups (broad SMARTS) is 1. The molecule has 0 radical (unpaired) electrons. The number of carbonyl (C=O) groups excluding carboxylic acids is 2. The first-order valence-corrected chi connectivity index (χ1v) is 7.01. The lowest BCUT2D eigenvalue weighted by Gasteiger charge is -2.27. The number of carboxylic acids is 1. The third kappa shape index (κ3) is 5.07. The first-order chi connectivity index (χ1) is 10.7. The Kier molecular flexibility index (Phi) is 6.27. The molecule has 2 atom stereocenters. The Bertz CT molecular complexity index is 600.